The predicted molar refractivity (Wildman–Crippen MR) is 60.4 cm³/mol. The zero-order chi connectivity index (χ0) is 14.0. The molecule has 0 amide bonds. The molecular weight excluding hydrogens is 264 g/mol. The molecule has 1 aromatic carbocycles. The molecule has 2 rings (SSSR count). The van der Waals surface area contributed by atoms with E-state index in [-0.39, 0.29) is 11.7 Å². The first-order valence-corrected chi connectivity index (χ1v) is 5.88. The van der Waals surface area contributed by atoms with Crippen molar-refractivity contribution in [3.8, 4) is 0 Å². The normalized spacial score (nSPS) is 21.6. The predicted octanol–water partition coefficient (Wildman–Crippen LogP) is 2.53. The summed E-state index contributed by atoms with van der Waals surface area (Å²) in [4.78, 5) is 0. The second-order valence-corrected chi connectivity index (χ2v) is 4.43. The molecule has 3 N–H and O–H groups in total. The number of nitrogens with two attached hydrogens (primary N) is 1. The van der Waals surface area contributed by atoms with Gasteiger partial charge in [0, 0.05) is 6.61 Å². The standard InChI is InChI=1S/C12H14F4N2O/c13-9-4-3-7(6-8(9)12(14,15)16)11(18-17)10-2-1-5-19-10/h3-4,6,10-11,18H,1-2,5,17H2. The summed E-state index contributed by atoms with van der Waals surface area (Å²) in [6.07, 6.45) is -3.49. The molecule has 19 heavy (non-hydrogen) atoms. The van der Waals surface area contributed by atoms with E-state index < -0.39 is 23.6 Å². The van der Waals surface area contributed by atoms with Crippen LogP contribution in [0.5, 0.6) is 0 Å². The van der Waals surface area contributed by atoms with Gasteiger partial charge in [-0.05, 0) is 30.5 Å². The third-order valence-corrected chi connectivity index (χ3v) is 3.17. The monoisotopic (exact) mass is 278 g/mol. The highest BCUT2D eigenvalue weighted by atomic mass is 19.4. The van der Waals surface area contributed by atoms with Crippen molar-refractivity contribution in [2.45, 2.75) is 31.2 Å². The molecule has 0 bridgehead atoms. The Labute approximate surface area is 107 Å². The van der Waals surface area contributed by atoms with Crippen LogP contribution in [0, 0.1) is 5.82 Å². The van der Waals surface area contributed by atoms with Gasteiger partial charge in [-0.1, -0.05) is 6.07 Å². The number of rotatable bonds is 3. The topological polar surface area (TPSA) is 47.3 Å². The van der Waals surface area contributed by atoms with Crippen molar-refractivity contribution < 1.29 is 22.3 Å². The number of hydrogen-bond acceptors (Lipinski definition) is 3. The SMILES string of the molecule is NNC(c1ccc(F)c(C(F)(F)F)c1)C1CCCO1. The number of hydrazine groups is 1. The van der Waals surface area contributed by atoms with Crippen LogP contribution >= 0.6 is 0 Å². The highest BCUT2D eigenvalue weighted by Crippen LogP contribution is 2.34. The molecule has 2 unspecified atom stereocenters. The molecule has 1 aliphatic heterocycles. The smallest absolute Gasteiger partial charge is 0.376 e. The van der Waals surface area contributed by atoms with E-state index in [1.54, 1.807) is 0 Å². The molecule has 3 nitrogen and oxygen atoms in total. The zero-order valence-corrected chi connectivity index (χ0v) is 10.0. The molecule has 1 aliphatic rings. The fraction of sp³-hybridized carbons (Fsp3) is 0.500. The van der Waals surface area contributed by atoms with Gasteiger partial charge < -0.3 is 4.74 Å². The summed E-state index contributed by atoms with van der Waals surface area (Å²) in [7, 11) is 0. The molecule has 0 aromatic heterocycles. The lowest BCUT2D eigenvalue weighted by Crippen LogP contribution is -2.36. The highest BCUT2D eigenvalue weighted by Gasteiger charge is 2.35. The molecular formula is C12H14F4N2O. The molecule has 1 aromatic rings. The molecule has 0 saturated carbocycles. The lowest BCUT2D eigenvalue weighted by Gasteiger charge is -2.23. The maximum atomic E-state index is 13.2. The quantitative estimate of drug-likeness (QED) is 0.507. The van der Waals surface area contributed by atoms with Crippen molar-refractivity contribution in [3.05, 3.63) is 35.1 Å². The molecule has 0 radical (unpaired) electrons. The maximum absolute atomic E-state index is 13.2. The van der Waals surface area contributed by atoms with Gasteiger partial charge in [0.05, 0.1) is 17.7 Å². The van der Waals surface area contributed by atoms with Crippen LogP contribution in [0.1, 0.15) is 30.0 Å². The zero-order valence-electron chi connectivity index (χ0n) is 10.0. The van der Waals surface area contributed by atoms with Crippen molar-refractivity contribution in [2.75, 3.05) is 6.61 Å². The van der Waals surface area contributed by atoms with Gasteiger partial charge >= 0.3 is 6.18 Å². The summed E-state index contributed by atoms with van der Waals surface area (Å²) in [5.74, 6) is 4.08. The third-order valence-electron chi connectivity index (χ3n) is 3.17. The van der Waals surface area contributed by atoms with E-state index in [2.05, 4.69) is 5.43 Å². The van der Waals surface area contributed by atoms with Crippen LogP contribution in [0.25, 0.3) is 0 Å². The van der Waals surface area contributed by atoms with E-state index in [0.717, 1.165) is 18.6 Å². The van der Waals surface area contributed by atoms with Crippen molar-refractivity contribution >= 4 is 0 Å². The first-order valence-electron chi connectivity index (χ1n) is 5.88. The van der Waals surface area contributed by atoms with Crippen molar-refractivity contribution in [1.29, 1.82) is 0 Å². The van der Waals surface area contributed by atoms with E-state index in [1.165, 1.54) is 6.07 Å². The first kappa shape index (κ1) is 14.2. The highest BCUT2D eigenvalue weighted by molar-refractivity contribution is 5.30. The second-order valence-electron chi connectivity index (χ2n) is 4.43. The van der Waals surface area contributed by atoms with E-state index in [1.807, 2.05) is 0 Å². The van der Waals surface area contributed by atoms with Gasteiger partial charge in [-0.3, -0.25) is 11.3 Å². The molecule has 106 valence electrons. The van der Waals surface area contributed by atoms with Gasteiger partial charge in [-0.15, -0.1) is 0 Å². The Hall–Kier alpha value is -1.18. The number of ether oxygens (including phenoxy) is 1. The first-order chi connectivity index (χ1) is 8.93. The number of halogens is 4. The molecule has 0 aliphatic carbocycles. The Morgan fingerprint density at radius 2 is 2.11 bits per heavy atom. The molecule has 1 heterocycles. The van der Waals surface area contributed by atoms with Crippen LogP contribution in [-0.2, 0) is 10.9 Å². The summed E-state index contributed by atoms with van der Waals surface area (Å²) in [5.41, 5.74) is 1.42. The fourth-order valence-corrected chi connectivity index (χ4v) is 2.24. The summed E-state index contributed by atoms with van der Waals surface area (Å²) >= 11 is 0. The minimum Gasteiger partial charge on any atom is -0.376 e. The lowest BCUT2D eigenvalue weighted by molar-refractivity contribution is -0.140. The Morgan fingerprint density at radius 3 is 2.63 bits per heavy atom. The van der Waals surface area contributed by atoms with Crippen molar-refractivity contribution in [3.63, 3.8) is 0 Å². The summed E-state index contributed by atoms with van der Waals surface area (Å²) in [6, 6.07) is 2.29. The van der Waals surface area contributed by atoms with Crippen LogP contribution in [0.3, 0.4) is 0 Å². The van der Waals surface area contributed by atoms with E-state index in [9.17, 15) is 17.6 Å². The van der Waals surface area contributed by atoms with Gasteiger partial charge in [0.15, 0.2) is 0 Å². The van der Waals surface area contributed by atoms with Gasteiger partial charge in [0.2, 0.25) is 0 Å². The van der Waals surface area contributed by atoms with Crippen LogP contribution in [0.2, 0.25) is 0 Å². The van der Waals surface area contributed by atoms with Gasteiger partial charge in [0.1, 0.15) is 5.82 Å². The Balaban J connectivity index is 2.33. The maximum Gasteiger partial charge on any atom is 0.419 e. The van der Waals surface area contributed by atoms with Crippen LogP contribution < -0.4 is 11.3 Å². The Bertz CT molecular complexity index is 444. The number of benzene rings is 1. The molecule has 0 spiro atoms. The molecule has 1 fully saturated rings. The molecule has 2 atom stereocenters. The number of alkyl halides is 3. The van der Waals surface area contributed by atoms with Crippen molar-refractivity contribution in [2.24, 2.45) is 5.84 Å². The minimum absolute atomic E-state index is 0.267. The van der Waals surface area contributed by atoms with Crippen LogP contribution in [0.4, 0.5) is 17.6 Å². The second kappa shape index (κ2) is 5.44. The van der Waals surface area contributed by atoms with Crippen LogP contribution in [-0.4, -0.2) is 12.7 Å². The number of nitrogens with one attached hydrogen (secondary N) is 1. The summed E-state index contributed by atoms with van der Waals surface area (Å²) in [6.45, 7) is 0.552. The minimum atomic E-state index is -4.73. The third kappa shape index (κ3) is 3.05. The Kier molecular flexibility index (Phi) is 4.07. The number of hydrogen-bond donors (Lipinski definition) is 2. The average Bonchev–Trinajstić information content (AvgIpc) is 2.84. The average molecular weight is 278 g/mol. The molecule has 1 saturated heterocycles. The summed E-state index contributed by atoms with van der Waals surface area (Å²) in [5, 5.41) is 0. The summed E-state index contributed by atoms with van der Waals surface area (Å²) < 4.78 is 56.6. The van der Waals surface area contributed by atoms with Gasteiger partial charge in [-0.25, -0.2) is 4.39 Å². The Morgan fingerprint density at radius 1 is 1.37 bits per heavy atom. The fourth-order valence-electron chi connectivity index (χ4n) is 2.24. The van der Waals surface area contributed by atoms with Gasteiger partial charge in [0.25, 0.3) is 0 Å². The van der Waals surface area contributed by atoms with E-state index in [4.69, 9.17) is 10.6 Å². The molecule has 7 heteroatoms. The van der Waals surface area contributed by atoms with Crippen LogP contribution in [0.15, 0.2) is 18.2 Å². The van der Waals surface area contributed by atoms with Gasteiger partial charge in [-0.2, -0.15) is 13.2 Å². The van der Waals surface area contributed by atoms with Crippen molar-refractivity contribution in [1.82, 2.24) is 5.43 Å². The van der Waals surface area contributed by atoms with E-state index in [0.29, 0.717) is 13.0 Å². The largest absolute Gasteiger partial charge is 0.419 e. The van der Waals surface area contributed by atoms with E-state index >= 15 is 0 Å². The lowest BCUT2D eigenvalue weighted by atomic mass is 9.98.